The third-order valence-corrected chi connectivity index (χ3v) is 6.14. The van der Waals surface area contributed by atoms with Crippen LogP contribution in [0.1, 0.15) is 6.42 Å². The van der Waals surface area contributed by atoms with Gasteiger partial charge in [-0.1, -0.05) is 30.3 Å². The van der Waals surface area contributed by atoms with Crippen molar-refractivity contribution in [3.8, 4) is 11.5 Å². The number of benzene rings is 3. The summed E-state index contributed by atoms with van der Waals surface area (Å²) in [6.45, 7) is 0. The molecular formula is C22H18N2O4S. The minimum atomic E-state index is -3.48. The highest BCUT2D eigenvalue weighted by atomic mass is 32.2. The maximum atomic E-state index is 12.3. The van der Waals surface area contributed by atoms with Crippen molar-refractivity contribution in [2.45, 2.75) is 11.3 Å². The molecule has 0 unspecified atom stereocenters. The zero-order chi connectivity index (χ0) is 20.3. The summed E-state index contributed by atoms with van der Waals surface area (Å²) < 4.78 is 30.3. The molecule has 0 atom stereocenters. The predicted molar refractivity (Wildman–Crippen MR) is 111 cm³/mol. The molecule has 29 heavy (non-hydrogen) atoms. The molecule has 0 fully saturated rings. The molecule has 7 heteroatoms. The van der Waals surface area contributed by atoms with Crippen LogP contribution < -0.4 is 5.32 Å². The molecule has 1 heterocycles. The van der Waals surface area contributed by atoms with E-state index in [1.54, 1.807) is 42.5 Å². The molecule has 0 aliphatic carbocycles. The Morgan fingerprint density at radius 2 is 1.59 bits per heavy atom. The van der Waals surface area contributed by atoms with Gasteiger partial charge in [-0.2, -0.15) is 0 Å². The first-order valence-electron chi connectivity index (χ1n) is 9.05. The molecule has 0 bridgehead atoms. The number of aromatic nitrogens is 1. The molecule has 1 amide bonds. The lowest BCUT2D eigenvalue weighted by Crippen LogP contribution is -2.17. The molecule has 146 valence electrons. The van der Waals surface area contributed by atoms with E-state index >= 15 is 0 Å². The number of carbonyl (C=O) groups is 1. The van der Waals surface area contributed by atoms with Gasteiger partial charge in [-0.3, -0.25) is 4.79 Å². The van der Waals surface area contributed by atoms with E-state index in [0.717, 1.165) is 11.1 Å². The second kappa shape index (κ2) is 7.89. The topological polar surface area (TPSA) is 89.3 Å². The summed E-state index contributed by atoms with van der Waals surface area (Å²) in [4.78, 5) is 16.8. The van der Waals surface area contributed by atoms with Crippen LogP contribution in [0.5, 0.6) is 0 Å². The highest BCUT2D eigenvalue weighted by Gasteiger charge is 2.16. The lowest BCUT2D eigenvalue weighted by atomic mass is 10.2. The second-order valence-electron chi connectivity index (χ2n) is 6.49. The van der Waals surface area contributed by atoms with Gasteiger partial charge in [0.25, 0.3) is 0 Å². The normalized spacial score (nSPS) is 11.4. The Bertz CT molecular complexity index is 1210. The van der Waals surface area contributed by atoms with Gasteiger partial charge in [0.05, 0.1) is 10.6 Å². The first-order valence-corrected chi connectivity index (χ1v) is 10.7. The Hall–Kier alpha value is -3.45. The van der Waals surface area contributed by atoms with Crippen molar-refractivity contribution in [3.05, 3.63) is 78.9 Å². The summed E-state index contributed by atoms with van der Waals surface area (Å²) in [5, 5.41) is 2.72. The predicted octanol–water partition coefficient (Wildman–Crippen LogP) is 4.30. The Morgan fingerprint density at radius 1 is 0.897 bits per heavy atom. The fourth-order valence-corrected chi connectivity index (χ4v) is 4.15. The summed E-state index contributed by atoms with van der Waals surface area (Å²) in [6, 6.07) is 22.7. The second-order valence-corrected chi connectivity index (χ2v) is 8.60. The average Bonchev–Trinajstić information content (AvgIpc) is 3.18. The minimum absolute atomic E-state index is 0.121. The molecule has 1 aromatic heterocycles. The van der Waals surface area contributed by atoms with Crippen molar-refractivity contribution in [1.29, 1.82) is 0 Å². The van der Waals surface area contributed by atoms with Crippen LogP contribution in [0.15, 0.2) is 88.2 Å². The van der Waals surface area contributed by atoms with Gasteiger partial charge in [-0.15, -0.1) is 0 Å². The standard InChI is InChI=1S/C22H18N2O4S/c25-21(14-15-29(26,27)18-6-2-1-3-7-18)23-17-12-10-16(11-13-17)22-24-19-8-4-5-9-20(19)28-22/h1-13H,14-15H2,(H,23,25). The number of rotatable bonds is 6. The fourth-order valence-electron chi connectivity index (χ4n) is 2.89. The molecule has 0 saturated heterocycles. The summed E-state index contributed by atoms with van der Waals surface area (Å²) in [6.07, 6.45) is -0.121. The Labute approximate surface area is 168 Å². The summed E-state index contributed by atoms with van der Waals surface area (Å²) in [7, 11) is -3.48. The van der Waals surface area contributed by atoms with Crippen molar-refractivity contribution < 1.29 is 17.6 Å². The maximum absolute atomic E-state index is 12.3. The SMILES string of the molecule is O=C(CCS(=O)(=O)c1ccccc1)Nc1ccc(-c2nc3ccccc3o2)cc1. The van der Waals surface area contributed by atoms with E-state index in [-0.39, 0.29) is 23.0 Å². The van der Waals surface area contributed by atoms with Crippen LogP contribution in [0, 0.1) is 0 Å². The van der Waals surface area contributed by atoms with Crippen molar-refractivity contribution in [1.82, 2.24) is 4.98 Å². The number of sulfone groups is 1. The number of hydrogen-bond donors (Lipinski definition) is 1. The molecule has 1 N–H and O–H groups in total. The smallest absolute Gasteiger partial charge is 0.227 e. The molecule has 4 aromatic rings. The van der Waals surface area contributed by atoms with Crippen molar-refractivity contribution in [2.75, 3.05) is 11.1 Å². The molecule has 3 aromatic carbocycles. The zero-order valence-corrected chi connectivity index (χ0v) is 16.2. The van der Waals surface area contributed by atoms with E-state index in [4.69, 9.17) is 4.42 Å². The van der Waals surface area contributed by atoms with Gasteiger partial charge in [-0.05, 0) is 48.5 Å². The third-order valence-electron chi connectivity index (χ3n) is 4.41. The molecule has 0 saturated carbocycles. The van der Waals surface area contributed by atoms with Gasteiger partial charge < -0.3 is 9.73 Å². The zero-order valence-electron chi connectivity index (χ0n) is 15.4. The van der Waals surface area contributed by atoms with Gasteiger partial charge in [0.1, 0.15) is 5.52 Å². The van der Waals surface area contributed by atoms with E-state index in [9.17, 15) is 13.2 Å². The van der Waals surface area contributed by atoms with Gasteiger partial charge in [0, 0.05) is 17.7 Å². The third kappa shape index (κ3) is 4.35. The van der Waals surface area contributed by atoms with Crippen LogP contribution in [0.4, 0.5) is 5.69 Å². The fraction of sp³-hybridized carbons (Fsp3) is 0.0909. The summed E-state index contributed by atoms with van der Waals surface area (Å²) in [5.41, 5.74) is 2.84. The average molecular weight is 406 g/mol. The number of carbonyl (C=O) groups excluding carboxylic acids is 1. The molecule has 0 radical (unpaired) electrons. The minimum Gasteiger partial charge on any atom is -0.436 e. The quantitative estimate of drug-likeness (QED) is 0.516. The number of hydrogen-bond acceptors (Lipinski definition) is 5. The molecular weight excluding hydrogens is 388 g/mol. The number of amides is 1. The van der Waals surface area contributed by atoms with E-state index in [1.165, 1.54) is 12.1 Å². The van der Waals surface area contributed by atoms with Crippen LogP contribution >= 0.6 is 0 Å². The number of nitrogens with zero attached hydrogens (tertiary/aromatic N) is 1. The first-order chi connectivity index (χ1) is 14.0. The largest absolute Gasteiger partial charge is 0.436 e. The van der Waals surface area contributed by atoms with Crippen LogP contribution in [0.3, 0.4) is 0 Å². The van der Waals surface area contributed by atoms with Crippen LogP contribution in [0.25, 0.3) is 22.6 Å². The van der Waals surface area contributed by atoms with Crippen LogP contribution in [0.2, 0.25) is 0 Å². The Kier molecular flexibility index (Phi) is 5.14. The van der Waals surface area contributed by atoms with Crippen molar-refractivity contribution >= 4 is 32.5 Å². The molecule has 4 rings (SSSR count). The van der Waals surface area contributed by atoms with E-state index < -0.39 is 9.84 Å². The van der Waals surface area contributed by atoms with E-state index in [0.29, 0.717) is 17.2 Å². The van der Waals surface area contributed by atoms with Gasteiger partial charge in [0.15, 0.2) is 15.4 Å². The van der Waals surface area contributed by atoms with Crippen LogP contribution in [-0.4, -0.2) is 25.1 Å². The van der Waals surface area contributed by atoms with Gasteiger partial charge in [0.2, 0.25) is 11.8 Å². The van der Waals surface area contributed by atoms with Crippen LogP contribution in [-0.2, 0) is 14.6 Å². The lowest BCUT2D eigenvalue weighted by Gasteiger charge is -2.07. The number of para-hydroxylation sites is 2. The molecule has 0 spiro atoms. The molecule has 0 aliphatic heterocycles. The number of fused-ring (bicyclic) bond motifs is 1. The number of oxazole rings is 1. The summed E-state index contributed by atoms with van der Waals surface area (Å²) in [5.74, 6) is -0.110. The maximum Gasteiger partial charge on any atom is 0.227 e. The highest BCUT2D eigenvalue weighted by Crippen LogP contribution is 2.25. The van der Waals surface area contributed by atoms with E-state index in [1.807, 2.05) is 24.3 Å². The molecule has 6 nitrogen and oxygen atoms in total. The van der Waals surface area contributed by atoms with Crippen molar-refractivity contribution in [2.24, 2.45) is 0 Å². The number of nitrogens with one attached hydrogen (secondary N) is 1. The molecule has 0 aliphatic rings. The van der Waals surface area contributed by atoms with E-state index in [2.05, 4.69) is 10.3 Å². The lowest BCUT2D eigenvalue weighted by molar-refractivity contribution is -0.115. The van der Waals surface area contributed by atoms with Crippen molar-refractivity contribution in [3.63, 3.8) is 0 Å². The Balaban J connectivity index is 1.39. The first kappa shape index (κ1) is 18.9. The van der Waals surface area contributed by atoms with Gasteiger partial charge in [-0.25, -0.2) is 13.4 Å². The van der Waals surface area contributed by atoms with Gasteiger partial charge >= 0.3 is 0 Å². The highest BCUT2D eigenvalue weighted by molar-refractivity contribution is 7.91. The Morgan fingerprint density at radius 3 is 2.31 bits per heavy atom. The monoisotopic (exact) mass is 406 g/mol. The number of anilines is 1. The summed E-state index contributed by atoms with van der Waals surface area (Å²) >= 11 is 0.